The molecule has 6 heteroatoms. The van der Waals surface area contributed by atoms with Gasteiger partial charge in [0.05, 0.1) is 12.3 Å². The van der Waals surface area contributed by atoms with Gasteiger partial charge < -0.3 is 9.64 Å². The minimum atomic E-state index is 0.498. The van der Waals surface area contributed by atoms with Gasteiger partial charge in [0.25, 0.3) is 0 Å². The summed E-state index contributed by atoms with van der Waals surface area (Å²) in [5, 5.41) is 4.63. The molecule has 4 heterocycles. The van der Waals surface area contributed by atoms with Gasteiger partial charge in [-0.05, 0) is 39.7 Å². The topological polar surface area (TPSA) is 55.5 Å². The van der Waals surface area contributed by atoms with E-state index in [9.17, 15) is 0 Å². The molecule has 1 unspecified atom stereocenters. The highest BCUT2D eigenvalue weighted by atomic mass is 16.5. The molecule has 6 nitrogen and oxygen atoms in total. The third-order valence-electron chi connectivity index (χ3n) is 4.86. The third kappa shape index (κ3) is 3.49. The molecule has 1 fully saturated rings. The Hall–Kier alpha value is -2.63. The lowest BCUT2D eigenvalue weighted by molar-refractivity contribution is 0.228. The summed E-state index contributed by atoms with van der Waals surface area (Å²) in [7, 11) is 0. The van der Waals surface area contributed by atoms with Crippen molar-refractivity contribution in [2.24, 2.45) is 5.92 Å². The van der Waals surface area contributed by atoms with E-state index in [4.69, 9.17) is 4.74 Å². The summed E-state index contributed by atoms with van der Waals surface area (Å²) in [4.78, 5) is 11.2. The van der Waals surface area contributed by atoms with Crippen LogP contribution < -0.4 is 9.64 Å². The SMILES string of the molecule is Cc1cc(OCC2CCCN(c3cc(C)nc4cc(C)nn34)C2)ccn1. The number of hydrogen-bond donors (Lipinski definition) is 0. The van der Waals surface area contributed by atoms with Crippen molar-refractivity contribution in [1.82, 2.24) is 19.6 Å². The van der Waals surface area contributed by atoms with Gasteiger partial charge in [-0.2, -0.15) is 9.61 Å². The zero-order valence-corrected chi connectivity index (χ0v) is 15.6. The Bertz CT molecular complexity index is 920. The largest absolute Gasteiger partial charge is 0.493 e. The number of rotatable bonds is 4. The van der Waals surface area contributed by atoms with Crippen LogP contribution in [0, 0.1) is 26.7 Å². The number of piperidine rings is 1. The Kier molecular flexibility index (Phi) is 4.49. The van der Waals surface area contributed by atoms with Crippen molar-refractivity contribution in [2.45, 2.75) is 33.6 Å². The second-order valence-electron chi connectivity index (χ2n) is 7.21. The number of pyridine rings is 1. The van der Waals surface area contributed by atoms with Crippen LogP contribution in [0.3, 0.4) is 0 Å². The average molecular weight is 351 g/mol. The number of anilines is 1. The molecule has 0 spiro atoms. The van der Waals surface area contributed by atoms with Crippen molar-refractivity contribution in [3.05, 3.63) is 47.5 Å². The van der Waals surface area contributed by atoms with E-state index >= 15 is 0 Å². The monoisotopic (exact) mass is 351 g/mol. The molecule has 0 aromatic carbocycles. The van der Waals surface area contributed by atoms with E-state index in [0.29, 0.717) is 5.92 Å². The van der Waals surface area contributed by atoms with Crippen LogP contribution >= 0.6 is 0 Å². The number of hydrogen-bond acceptors (Lipinski definition) is 5. The lowest BCUT2D eigenvalue weighted by Gasteiger charge is -2.34. The summed E-state index contributed by atoms with van der Waals surface area (Å²) in [6.07, 6.45) is 4.15. The lowest BCUT2D eigenvalue weighted by atomic mass is 9.99. The minimum absolute atomic E-state index is 0.498. The molecular weight excluding hydrogens is 326 g/mol. The quantitative estimate of drug-likeness (QED) is 0.721. The Morgan fingerprint density at radius 2 is 2.00 bits per heavy atom. The number of aryl methyl sites for hydroxylation is 3. The highest BCUT2D eigenvalue weighted by molar-refractivity contribution is 5.52. The number of aromatic nitrogens is 4. The van der Waals surface area contributed by atoms with E-state index in [0.717, 1.165) is 60.4 Å². The van der Waals surface area contributed by atoms with Gasteiger partial charge in [-0.25, -0.2) is 4.98 Å². The first-order chi connectivity index (χ1) is 12.6. The molecule has 136 valence electrons. The van der Waals surface area contributed by atoms with Gasteiger partial charge in [-0.3, -0.25) is 4.98 Å². The van der Waals surface area contributed by atoms with Crippen LogP contribution in [0.5, 0.6) is 5.75 Å². The average Bonchev–Trinajstić information content (AvgIpc) is 2.99. The number of ether oxygens (including phenoxy) is 1. The van der Waals surface area contributed by atoms with Gasteiger partial charge in [0.15, 0.2) is 5.65 Å². The van der Waals surface area contributed by atoms with Crippen molar-refractivity contribution >= 4 is 11.5 Å². The zero-order chi connectivity index (χ0) is 18.1. The normalized spacial score (nSPS) is 17.7. The molecule has 0 bridgehead atoms. The highest BCUT2D eigenvalue weighted by Crippen LogP contribution is 2.25. The Morgan fingerprint density at radius 1 is 1.12 bits per heavy atom. The van der Waals surface area contributed by atoms with Crippen molar-refractivity contribution in [3.8, 4) is 5.75 Å². The fourth-order valence-corrected chi connectivity index (χ4v) is 3.65. The van der Waals surface area contributed by atoms with E-state index in [1.807, 2.05) is 43.5 Å². The molecule has 0 N–H and O–H groups in total. The van der Waals surface area contributed by atoms with Crippen molar-refractivity contribution in [1.29, 1.82) is 0 Å². The Balaban J connectivity index is 1.50. The Morgan fingerprint density at radius 3 is 2.85 bits per heavy atom. The van der Waals surface area contributed by atoms with Crippen LogP contribution in [0.15, 0.2) is 30.5 Å². The molecule has 0 radical (unpaired) electrons. The summed E-state index contributed by atoms with van der Waals surface area (Å²) in [6.45, 7) is 8.78. The van der Waals surface area contributed by atoms with Gasteiger partial charge in [-0.1, -0.05) is 0 Å². The second-order valence-corrected chi connectivity index (χ2v) is 7.21. The molecule has 3 aromatic heterocycles. The smallest absolute Gasteiger partial charge is 0.157 e. The molecule has 3 aromatic rings. The molecule has 1 aliphatic heterocycles. The molecular formula is C20H25N5O. The van der Waals surface area contributed by atoms with Crippen LogP contribution in [0.4, 0.5) is 5.82 Å². The van der Waals surface area contributed by atoms with Crippen LogP contribution in [0.1, 0.15) is 29.9 Å². The fraction of sp³-hybridized carbons (Fsp3) is 0.450. The summed E-state index contributed by atoms with van der Waals surface area (Å²) in [5.41, 5.74) is 3.92. The first kappa shape index (κ1) is 16.8. The van der Waals surface area contributed by atoms with Crippen LogP contribution in [-0.4, -0.2) is 39.3 Å². The van der Waals surface area contributed by atoms with Crippen LogP contribution in [0.25, 0.3) is 5.65 Å². The van der Waals surface area contributed by atoms with E-state index in [2.05, 4.69) is 26.0 Å². The minimum Gasteiger partial charge on any atom is -0.493 e. The molecule has 1 aliphatic rings. The molecule has 0 amide bonds. The van der Waals surface area contributed by atoms with E-state index in [-0.39, 0.29) is 0 Å². The van der Waals surface area contributed by atoms with Gasteiger partial charge >= 0.3 is 0 Å². The zero-order valence-electron chi connectivity index (χ0n) is 15.6. The molecule has 0 aliphatic carbocycles. The number of fused-ring (bicyclic) bond motifs is 1. The van der Waals surface area contributed by atoms with Crippen LogP contribution in [-0.2, 0) is 0 Å². The molecule has 26 heavy (non-hydrogen) atoms. The molecule has 4 rings (SSSR count). The molecule has 1 saturated heterocycles. The van der Waals surface area contributed by atoms with Gasteiger partial charge in [-0.15, -0.1) is 0 Å². The van der Waals surface area contributed by atoms with Gasteiger partial charge in [0.1, 0.15) is 11.6 Å². The number of nitrogens with zero attached hydrogens (tertiary/aromatic N) is 5. The van der Waals surface area contributed by atoms with E-state index in [1.165, 1.54) is 6.42 Å². The maximum Gasteiger partial charge on any atom is 0.157 e. The standard InChI is InChI=1S/C20H25N5O/c1-14-9-18(6-7-21-14)26-13-17-5-4-8-24(12-17)20-11-15(2)22-19-10-16(3)23-25(19)20/h6-7,9-11,17H,4-5,8,12-13H2,1-3H3. The van der Waals surface area contributed by atoms with E-state index in [1.54, 1.807) is 6.20 Å². The maximum atomic E-state index is 6.02. The highest BCUT2D eigenvalue weighted by Gasteiger charge is 2.23. The maximum absolute atomic E-state index is 6.02. The van der Waals surface area contributed by atoms with Crippen LogP contribution in [0.2, 0.25) is 0 Å². The third-order valence-corrected chi connectivity index (χ3v) is 4.86. The van der Waals surface area contributed by atoms with Crippen molar-refractivity contribution in [3.63, 3.8) is 0 Å². The Labute approximate surface area is 153 Å². The summed E-state index contributed by atoms with van der Waals surface area (Å²) >= 11 is 0. The van der Waals surface area contributed by atoms with Crippen molar-refractivity contribution < 1.29 is 4.74 Å². The molecule has 1 atom stereocenters. The van der Waals surface area contributed by atoms with E-state index < -0.39 is 0 Å². The predicted octanol–water partition coefficient (Wildman–Crippen LogP) is 3.34. The summed E-state index contributed by atoms with van der Waals surface area (Å²) in [6, 6.07) is 8.08. The fourth-order valence-electron chi connectivity index (χ4n) is 3.65. The lowest BCUT2D eigenvalue weighted by Crippen LogP contribution is -2.39. The second kappa shape index (κ2) is 6.94. The van der Waals surface area contributed by atoms with Gasteiger partial charge in [0, 0.05) is 54.8 Å². The summed E-state index contributed by atoms with van der Waals surface area (Å²) < 4.78 is 7.99. The molecule has 0 saturated carbocycles. The predicted molar refractivity (Wildman–Crippen MR) is 102 cm³/mol. The first-order valence-electron chi connectivity index (χ1n) is 9.23. The van der Waals surface area contributed by atoms with Gasteiger partial charge in [0.2, 0.25) is 0 Å². The summed E-state index contributed by atoms with van der Waals surface area (Å²) in [5.74, 6) is 2.53. The van der Waals surface area contributed by atoms with Crippen molar-refractivity contribution in [2.75, 3.05) is 24.6 Å². The first-order valence-corrected chi connectivity index (χ1v) is 9.23.